The predicted molar refractivity (Wildman–Crippen MR) is 105 cm³/mol. The van der Waals surface area contributed by atoms with Gasteiger partial charge in [0.1, 0.15) is 0 Å². The van der Waals surface area contributed by atoms with Crippen molar-refractivity contribution in [2.24, 2.45) is 5.92 Å². The van der Waals surface area contributed by atoms with Gasteiger partial charge in [0.25, 0.3) is 0 Å². The molecule has 5 nitrogen and oxygen atoms in total. The second-order valence-corrected chi connectivity index (χ2v) is 7.91. The standard InChI is InChI=1S/C22H30N2O3/c1-16-7-8-19(15-17(16)2)20(25)9-10-21(26)23-11-13-24(14-12-23)22(27)18-5-3-4-6-18/h7-8,15,18H,3-6,9-14H2,1-2H3. The largest absolute Gasteiger partial charge is 0.339 e. The van der Waals surface area contributed by atoms with E-state index in [1.807, 2.05) is 36.9 Å². The van der Waals surface area contributed by atoms with Crippen LogP contribution >= 0.6 is 0 Å². The summed E-state index contributed by atoms with van der Waals surface area (Å²) in [6.45, 7) is 6.40. The lowest BCUT2D eigenvalue weighted by molar-refractivity contribution is -0.142. The van der Waals surface area contributed by atoms with E-state index in [-0.39, 0.29) is 36.4 Å². The number of amides is 2. The Hall–Kier alpha value is -2.17. The van der Waals surface area contributed by atoms with Gasteiger partial charge < -0.3 is 9.80 Å². The Labute approximate surface area is 161 Å². The Morgan fingerprint density at radius 2 is 1.52 bits per heavy atom. The van der Waals surface area contributed by atoms with Crippen LogP contribution in [0.1, 0.15) is 60.0 Å². The van der Waals surface area contributed by atoms with Crippen LogP contribution in [0.15, 0.2) is 18.2 Å². The molecule has 5 heteroatoms. The summed E-state index contributed by atoms with van der Waals surface area (Å²) in [6.07, 6.45) is 4.81. The maximum Gasteiger partial charge on any atom is 0.225 e. The number of nitrogens with zero attached hydrogens (tertiary/aromatic N) is 2. The third kappa shape index (κ3) is 4.76. The van der Waals surface area contributed by atoms with E-state index in [1.165, 1.54) is 0 Å². The summed E-state index contributed by atoms with van der Waals surface area (Å²) in [6, 6.07) is 5.68. The molecule has 0 N–H and O–H groups in total. The first kappa shape index (κ1) is 19.6. The number of aryl methyl sites for hydroxylation is 2. The molecule has 146 valence electrons. The minimum Gasteiger partial charge on any atom is -0.339 e. The van der Waals surface area contributed by atoms with E-state index in [0.717, 1.165) is 36.8 Å². The quantitative estimate of drug-likeness (QED) is 0.748. The van der Waals surface area contributed by atoms with E-state index in [2.05, 4.69) is 0 Å². The van der Waals surface area contributed by atoms with Crippen LogP contribution in [0.3, 0.4) is 0 Å². The molecular weight excluding hydrogens is 340 g/mol. The van der Waals surface area contributed by atoms with E-state index < -0.39 is 0 Å². The number of hydrogen-bond acceptors (Lipinski definition) is 3. The van der Waals surface area contributed by atoms with Crippen molar-refractivity contribution in [1.82, 2.24) is 9.80 Å². The van der Waals surface area contributed by atoms with Crippen LogP contribution < -0.4 is 0 Å². The third-order valence-electron chi connectivity index (χ3n) is 6.04. The highest BCUT2D eigenvalue weighted by Gasteiger charge is 2.30. The topological polar surface area (TPSA) is 57.7 Å². The summed E-state index contributed by atoms with van der Waals surface area (Å²) in [5.41, 5.74) is 2.93. The summed E-state index contributed by atoms with van der Waals surface area (Å²) < 4.78 is 0. The maximum absolute atomic E-state index is 12.5. The molecule has 1 aromatic rings. The van der Waals surface area contributed by atoms with Crippen LogP contribution in [0.5, 0.6) is 0 Å². The number of carbonyl (C=O) groups is 3. The van der Waals surface area contributed by atoms with Crippen molar-refractivity contribution in [2.75, 3.05) is 26.2 Å². The Morgan fingerprint density at radius 1 is 0.889 bits per heavy atom. The van der Waals surface area contributed by atoms with Crippen LogP contribution in [0, 0.1) is 19.8 Å². The first-order valence-electron chi connectivity index (χ1n) is 10.1. The van der Waals surface area contributed by atoms with E-state index in [9.17, 15) is 14.4 Å². The summed E-state index contributed by atoms with van der Waals surface area (Å²) in [5.74, 6) is 0.494. The number of benzene rings is 1. The van der Waals surface area contributed by atoms with Crippen LogP contribution in [0.2, 0.25) is 0 Å². The van der Waals surface area contributed by atoms with Crippen LogP contribution in [-0.2, 0) is 9.59 Å². The van der Waals surface area contributed by atoms with Gasteiger partial charge in [-0.25, -0.2) is 0 Å². The molecule has 1 saturated carbocycles. The fraction of sp³-hybridized carbons (Fsp3) is 0.591. The first-order valence-corrected chi connectivity index (χ1v) is 10.1. The van der Waals surface area contributed by atoms with Gasteiger partial charge in [0, 0.05) is 50.5 Å². The van der Waals surface area contributed by atoms with Gasteiger partial charge in [0.2, 0.25) is 11.8 Å². The maximum atomic E-state index is 12.5. The van der Waals surface area contributed by atoms with E-state index in [0.29, 0.717) is 31.7 Å². The third-order valence-corrected chi connectivity index (χ3v) is 6.04. The molecule has 0 unspecified atom stereocenters. The van der Waals surface area contributed by atoms with Crippen molar-refractivity contribution in [1.29, 1.82) is 0 Å². The number of piperazine rings is 1. The van der Waals surface area contributed by atoms with Gasteiger partial charge >= 0.3 is 0 Å². The van der Waals surface area contributed by atoms with E-state index in [4.69, 9.17) is 0 Å². The highest BCUT2D eigenvalue weighted by molar-refractivity contribution is 5.98. The summed E-state index contributed by atoms with van der Waals surface area (Å²) in [5, 5.41) is 0. The summed E-state index contributed by atoms with van der Waals surface area (Å²) >= 11 is 0. The van der Waals surface area contributed by atoms with Crippen LogP contribution in [0.4, 0.5) is 0 Å². The molecule has 0 aromatic heterocycles. The molecule has 1 aliphatic carbocycles. The molecule has 0 radical (unpaired) electrons. The van der Waals surface area contributed by atoms with Crippen molar-refractivity contribution in [3.05, 3.63) is 34.9 Å². The SMILES string of the molecule is Cc1ccc(C(=O)CCC(=O)N2CCN(C(=O)C3CCCC3)CC2)cc1C. The minimum absolute atomic E-state index is 0.0140. The van der Waals surface area contributed by atoms with Gasteiger partial charge in [-0.3, -0.25) is 14.4 Å². The number of ketones is 1. The lowest BCUT2D eigenvalue weighted by Gasteiger charge is -2.36. The van der Waals surface area contributed by atoms with Crippen LogP contribution in [-0.4, -0.2) is 53.6 Å². The van der Waals surface area contributed by atoms with E-state index >= 15 is 0 Å². The zero-order valence-electron chi connectivity index (χ0n) is 16.5. The van der Waals surface area contributed by atoms with Gasteiger partial charge in [-0.05, 0) is 43.9 Å². The molecule has 0 bridgehead atoms. The Morgan fingerprint density at radius 3 is 2.15 bits per heavy atom. The second kappa shape index (κ2) is 8.68. The van der Waals surface area contributed by atoms with Crippen molar-refractivity contribution in [3.63, 3.8) is 0 Å². The highest BCUT2D eigenvalue weighted by Crippen LogP contribution is 2.27. The molecule has 1 heterocycles. The average Bonchev–Trinajstić information content (AvgIpc) is 3.22. The Balaban J connectivity index is 1.44. The van der Waals surface area contributed by atoms with Gasteiger partial charge in [0.05, 0.1) is 0 Å². The normalized spacial score (nSPS) is 18.0. The fourth-order valence-electron chi connectivity index (χ4n) is 4.04. The lowest BCUT2D eigenvalue weighted by atomic mass is 10.0. The molecule has 1 aliphatic heterocycles. The molecule has 2 amide bonds. The van der Waals surface area contributed by atoms with Gasteiger partial charge in [0.15, 0.2) is 5.78 Å². The van der Waals surface area contributed by atoms with Gasteiger partial charge in [-0.1, -0.05) is 25.0 Å². The summed E-state index contributed by atoms with van der Waals surface area (Å²) in [7, 11) is 0. The van der Waals surface area contributed by atoms with Gasteiger partial charge in [-0.15, -0.1) is 0 Å². The molecule has 3 rings (SSSR count). The molecule has 1 saturated heterocycles. The monoisotopic (exact) mass is 370 g/mol. The number of Topliss-reactive ketones (excluding diaryl/α,β-unsaturated/α-hetero) is 1. The molecule has 0 spiro atoms. The predicted octanol–water partition coefficient (Wildman–Crippen LogP) is 3.13. The smallest absolute Gasteiger partial charge is 0.225 e. The molecule has 2 aliphatic rings. The number of rotatable bonds is 5. The Bertz CT molecular complexity index is 714. The minimum atomic E-state index is 0.0140. The first-order chi connectivity index (χ1) is 13.0. The number of hydrogen-bond donors (Lipinski definition) is 0. The van der Waals surface area contributed by atoms with E-state index in [1.54, 1.807) is 4.90 Å². The van der Waals surface area contributed by atoms with Crippen molar-refractivity contribution in [2.45, 2.75) is 52.4 Å². The molecule has 0 atom stereocenters. The molecule has 1 aromatic carbocycles. The molecule has 2 fully saturated rings. The van der Waals surface area contributed by atoms with Crippen molar-refractivity contribution >= 4 is 17.6 Å². The van der Waals surface area contributed by atoms with Crippen molar-refractivity contribution < 1.29 is 14.4 Å². The lowest BCUT2D eigenvalue weighted by Crippen LogP contribution is -2.51. The van der Waals surface area contributed by atoms with Crippen molar-refractivity contribution in [3.8, 4) is 0 Å². The average molecular weight is 370 g/mol. The molecule has 27 heavy (non-hydrogen) atoms. The second-order valence-electron chi connectivity index (χ2n) is 7.91. The summed E-state index contributed by atoms with van der Waals surface area (Å²) in [4.78, 5) is 41.0. The highest BCUT2D eigenvalue weighted by atomic mass is 16.2. The number of carbonyl (C=O) groups excluding carboxylic acids is 3. The van der Waals surface area contributed by atoms with Gasteiger partial charge in [-0.2, -0.15) is 0 Å². The van der Waals surface area contributed by atoms with Crippen LogP contribution in [0.25, 0.3) is 0 Å². The Kier molecular flexibility index (Phi) is 6.30. The fourth-order valence-corrected chi connectivity index (χ4v) is 4.04. The zero-order chi connectivity index (χ0) is 19.4. The molecular formula is C22H30N2O3. The zero-order valence-corrected chi connectivity index (χ0v) is 16.5.